The molecule has 1 unspecified atom stereocenters. The number of nitrogens with zero attached hydrogens (tertiary/aromatic N) is 2. The van der Waals surface area contributed by atoms with Gasteiger partial charge in [0, 0.05) is 10.6 Å². The largest absolute Gasteiger partial charge is 0.368 e. The van der Waals surface area contributed by atoms with Gasteiger partial charge in [0.2, 0.25) is 17.6 Å². The Morgan fingerprint density at radius 2 is 1.93 bits per heavy atom. The lowest BCUT2D eigenvalue weighted by Crippen LogP contribution is -2.34. The number of rotatable bonds is 8. The first-order valence-corrected chi connectivity index (χ1v) is 9.01. The summed E-state index contributed by atoms with van der Waals surface area (Å²) in [6, 6.07) is 17.1. The maximum absolute atomic E-state index is 12.1. The molecular weight excluding hydrogens is 366 g/mol. The predicted molar refractivity (Wildman–Crippen MR) is 102 cm³/mol. The summed E-state index contributed by atoms with van der Waals surface area (Å²) in [5.74, 6) is 0.544. The molecule has 2 aromatic carbocycles. The standard InChI is InChI=1S/C20H20ClN3O3/c1-14(26-12-11-15-5-3-2-4-6-15)20(25)22-13-18-23-19(24-27-18)16-7-9-17(21)10-8-16/h2-10,14H,11-13H2,1H3,(H,22,25). The average molecular weight is 386 g/mol. The Hall–Kier alpha value is -2.70. The van der Waals surface area contributed by atoms with Gasteiger partial charge in [-0.15, -0.1) is 0 Å². The van der Waals surface area contributed by atoms with E-state index in [1.807, 2.05) is 30.3 Å². The van der Waals surface area contributed by atoms with Gasteiger partial charge in [0.15, 0.2) is 0 Å². The van der Waals surface area contributed by atoms with E-state index in [1.54, 1.807) is 31.2 Å². The zero-order chi connectivity index (χ0) is 19.1. The molecule has 7 heteroatoms. The molecule has 0 saturated heterocycles. The molecule has 1 aromatic heterocycles. The van der Waals surface area contributed by atoms with Crippen LogP contribution in [-0.4, -0.2) is 28.8 Å². The summed E-state index contributed by atoms with van der Waals surface area (Å²) in [6.45, 7) is 2.33. The molecule has 140 valence electrons. The molecule has 6 nitrogen and oxygen atoms in total. The van der Waals surface area contributed by atoms with Crippen LogP contribution >= 0.6 is 11.6 Å². The van der Waals surface area contributed by atoms with Crippen LogP contribution in [0.1, 0.15) is 18.4 Å². The number of carbonyl (C=O) groups excluding carboxylic acids is 1. The maximum Gasteiger partial charge on any atom is 0.249 e. The lowest BCUT2D eigenvalue weighted by molar-refractivity contribution is -0.132. The van der Waals surface area contributed by atoms with Gasteiger partial charge in [-0.05, 0) is 43.2 Å². The van der Waals surface area contributed by atoms with Crippen molar-refractivity contribution < 1.29 is 14.1 Å². The molecule has 1 heterocycles. The van der Waals surface area contributed by atoms with E-state index < -0.39 is 6.10 Å². The lowest BCUT2D eigenvalue weighted by atomic mass is 10.2. The summed E-state index contributed by atoms with van der Waals surface area (Å²) in [6.07, 6.45) is 0.194. The quantitative estimate of drug-likeness (QED) is 0.640. The number of hydrogen-bond acceptors (Lipinski definition) is 5. The van der Waals surface area contributed by atoms with Crippen molar-refractivity contribution in [3.8, 4) is 11.4 Å². The minimum absolute atomic E-state index is 0.145. The van der Waals surface area contributed by atoms with Crippen molar-refractivity contribution in [1.29, 1.82) is 0 Å². The Labute approximate surface area is 162 Å². The molecule has 27 heavy (non-hydrogen) atoms. The van der Waals surface area contributed by atoms with Crippen LogP contribution in [0.25, 0.3) is 11.4 Å². The second-order valence-corrected chi connectivity index (χ2v) is 6.42. The third-order valence-corrected chi connectivity index (χ3v) is 4.21. The van der Waals surface area contributed by atoms with Crippen molar-refractivity contribution in [3.05, 3.63) is 71.1 Å². The maximum atomic E-state index is 12.1. The Kier molecular flexibility index (Phi) is 6.57. The molecule has 0 radical (unpaired) electrons. The number of hydrogen-bond donors (Lipinski definition) is 1. The van der Waals surface area contributed by atoms with E-state index in [1.165, 1.54) is 5.56 Å². The van der Waals surface area contributed by atoms with Crippen molar-refractivity contribution >= 4 is 17.5 Å². The molecule has 0 aliphatic carbocycles. The first kappa shape index (κ1) is 19.1. The highest BCUT2D eigenvalue weighted by molar-refractivity contribution is 6.30. The smallest absolute Gasteiger partial charge is 0.249 e. The topological polar surface area (TPSA) is 77.2 Å². The summed E-state index contributed by atoms with van der Waals surface area (Å²) < 4.78 is 10.8. The Morgan fingerprint density at radius 3 is 2.67 bits per heavy atom. The normalized spacial score (nSPS) is 11.9. The minimum atomic E-state index is -0.563. The first-order valence-electron chi connectivity index (χ1n) is 8.63. The SMILES string of the molecule is CC(OCCc1ccccc1)C(=O)NCc1nc(-c2ccc(Cl)cc2)no1. The van der Waals surface area contributed by atoms with Gasteiger partial charge in [0.1, 0.15) is 6.10 Å². The molecule has 0 bridgehead atoms. The molecule has 0 aliphatic rings. The highest BCUT2D eigenvalue weighted by Crippen LogP contribution is 2.18. The van der Waals surface area contributed by atoms with Crippen LogP contribution in [0.15, 0.2) is 59.1 Å². The molecule has 1 N–H and O–H groups in total. The molecule has 3 rings (SSSR count). The zero-order valence-electron chi connectivity index (χ0n) is 14.9. The highest BCUT2D eigenvalue weighted by Gasteiger charge is 2.15. The van der Waals surface area contributed by atoms with Gasteiger partial charge < -0.3 is 14.6 Å². The fourth-order valence-corrected chi connectivity index (χ4v) is 2.55. The number of amides is 1. The molecule has 3 aromatic rings. The fourth-order valence-electron chi connectivity index (χ4n) is 2.42. The van der Waals surface area contributed by atoms with Crippen LogP contribution in [0.3, 0.4) is 0 Å². The van der Waals surface area contributed by atoms with Crippen molar-refractivity contribution in [2.75, 3.05) is 6.61 Å². The fraction of sp³-hybridized carbons (Fsp3) is 0.250. The number of carbonyl (C=O) groups is 1. The molecule has 0 aliphatic heterocycles. The van der Waals surface area contributed by atoms with E-state index in [0.717, 1.165) is 12.0 Å². The van der Waals surface area contributed by atoms with E-state index in [0.29, 0.717) is 23.3 Å². The summed E-state index contributed by atoms with van der Waals surface area (Å²) >= 11 is 5.87. The summed E-state index contributed by atoms with van der Waals surface area (Å²) in [7, 11) is 0. The van der Waals surface area contributed by atoms with E-state index in [-0.39, 0.29) is 12.5 Å². The number of aromatic nitrogens is 2. The van der Waals surface area contributed by atoms with Gasteiger partial charge in [-0.25, -0.2) is 0 Å². The van der Waals surface area contributed by atoms with Gasteiger partial charge in [-0.2, -0.15) is 4.98 Å². The number of ether oxygens (including phenoxy) is 1. The van der Waals surface area contributed by atoms with Crippen molar-refractivity contribution in [2.24, 2.45) is 0 Å². The third kappa shape index (κ3) is 5.64. The lowest BCUT2D eigenvalue weighted by Gasteiger charge is -2.12. The Bertz CT molecular complexity index is 866. The van der Waals surface area contributed by atoms with E-state index in [4.69, 9.17) is 20.9 Å². The number of nitrogens with one attached hydrogen (secondary N) is 1. The second-order valence-electron chi connectivity index (χ2n) is 5.99. The first-order chi connectivity index (χ1) is 13.1. The van der Waals surface area contributed by atoms with Crippen molar-refractivity contribution in [1.82, 2.24) is 15.5 Å². The van der Waals surface area contributed by atoms with Crippen LogP contribution in [0.2, 0.25) is 5.02 Å². The molecule has 0 saturated carbocycles. The summed E-state index contributed by atoms with van der Waals surface area (Å²) in [5.41, 5.74) is 1.96. The van der Waals surface area contributed by atoms with Gasteiger partial charge >= 0.3 is 0 Å². The van der Waals surface area contributed by atoms with Gasteiger partial charge in [-0.1, -0.05) is 47.1 Å². The zero-order valence-corrected chi connectivity index (χ0v) is 15.6. The van der Waals surface area contributed by atoms with E-state index in [9.17, 15) is 4.79 Å². The summed E-state index contributed by atoms with van der Waals surface area (Å²) in [5, 5.41) is 7.29. The molecular formula is C20H20ClN3O3. The average Bonchev–Trinajstić information content (AvgIpc) is 3.16. The Morgan fingerprint density at radius 1 is 1.19 bits per heavy atom. The molecule has 0 fully saturated rings. The highest BCUT2D eigenvalue weighted by atomic mass is 35.5. The van der Waals surface area contributed by atoms with Crippen LogP contribution in [-0.2, 0) is 22.5 Å². The van der Waals surface area contributed by atoms with Crippen LogP contribution in [0, 0.1) is 0 Å². The summed E-state index contributed by atoms with van der Waals surface area (Å²) in [4.78, 5) is 16.4. The molecule has 0 spiro atoms. The molecule has 1 amide bonds. The second kappa shape index (κ2) is 9.30. The van der Waals surface area contributed by atoms with Crippen molar-refractivity contribution in [2.45, 2.75) is 26.0 Å². The van der Waals surface area contributed by atoms with Crippen LogP contribution in [0.5, 0.6) is 0 Å². The van der Waals surface area contributed by atoms with Gasteiger partial charge in [0.05, 0.1) is 13.2 Å². The van der Waals surface area contributed by atoms with Crippen LogP contribution < -0.4 is 5.32 Å². The van der Waals surface area contributed by atoms with E-state index >= 15 is 0 Å². The van der Waals surface area contributed by atoms with Gasteiger partial charge in [-0.3, -0.25) is 4.79 Å². The van der Waals surface area contributed by atoms with E-state index in [2.05, 4.69) is 15.5 Å². The van der Waals surface area contributed by atoms with Crippen molar-refractivity contribution in [3.63, 3.8) is 0 Å². The van der Waals surface area contributed by atoms with Crippen LogP contribution in [0.4, 0.5) is 0 Å². The number of benzene rings is 2. The Balaban J connectivity index is 1.44. The third-order valence-electron chi connectivity index (χ3n) is 3.95. The predicted octanol–water partition coefficient (Wildman–Crippen LogP) is 3.65. The monoisotopic (exact) mass is 385 g/mol. The number of halogens is 1. The minimum Gasteiger partial charge on any atom is -0.368 e. The van der Waals surface area contributed by atoms with Gasteiger partial charge in [0.25, 0.3) is 0 Å². The molecule has 1 atom stereocenters.